The second-order valence-electron chi connectivity index (χ2n) is 3.19. The third-order valence-electron chi connectivity index (χ3n) is 2.30. The zero-order valence-electron chi connectivity index (χ0n) is 6.81. The average molecular weight is 230 g/mol. The molecule has 66 valence electrons. The number of nitrogens with zero attached hydrogens (tertiary/aromatic N) is 1. The second kappa shape index (κ2) is 3.58. The molecule has 1 aliphatic rings. The van der Waals surface area contributed by atoms with E-state index in [2.05, 4.69) is 37.5 Å². The summed E-state index contributed by atoms with van der Waals surface area (Å²) in [6.45, 7) is 2.24. The van der Waals surface area contributed by atoms with Gasteiger partial charge in [-0.3, -0.25) is 5.10 Å². The molecule has 1 fully saturated rings. The van der Waals surface area contributed by atoms with Crippen molar-refractivity contribution in [3.63, 3.8) is 0 Å². The van der Waals surface area contributed by atoms with Crippen molar-refractivity contribution in [3.8, 4) is 0 Å². The molecule has 1 saturated heterocycles. The lowest BCUT2D eigenvalue weighted by Crippen LogP contribution is -2.28. The van der Waals surface area contributed by atoms with E-state index in [4.69, 9.17) is 0 Å². The van der Waals surface area contributed by atoms with Gasteiger partial charge in [-0.05, 0) is 41.4 Å². The molecule has 1 aromatic heterocycles. The standard InChI is InChI=1S/C8H12BrN3/c9-8-4-7(11-12-8)6-2-1-3-10-5-6/h4,6,10H,1-3,5H2,(H,11,12). The summed E-state index contributed by atoms with van der Waals surface area (Å²) in [5.41, 5.74) is 1.24. The van der Waals surface area contributed by atoms with Gasteiger partial charge in [-0.1, -0.05) is 0 Å². The fourth-order valence-electron chi connectivity index (χ4n) is 1.64. The Bertz CT molecular complexity index is 253. The third kappa shape index (κ3) is 1.69. The Labute approximate surface area is 80.1 Å². The molecule has 0 aromatic carbocycles. The molecule has 0 bridgehead atoms. The highest BCUT2D eigenvalue weighted by Gasteiger charge is 2.16. The van der Waals surface area contributed by atoms with Crippen molar-refractivity contribution in [2.24, 2.45) is 0 Å². The first kappa shape index (κ1) is 8.26. The number of rotatable bonds is 1. The van der Waals surface area contributed by atoms with Crippen molar-refractivity contribution in [2.75, 3.05) is 13.1 Å². The van der Waals surface area contributed by atoms with E-state index in [1.54, 1.807) is 0 Å². The van der Waals surface area contributed by atoms with Crippen LogP contribution in [0.15, 0.2) is 10.7 Å². The van der Waals surface area contributed by atoms with Crippen molar-refractivity contribution in [1.82, 2.24) is 15.5 Å². The quantitative estimate of drug-likeness (QED) is 0.769. The molecule has 0 spiro atoms. The van der Waals surface area contributed by atoms with E-state index in [9.17, 15) is 0 Å². The van der Waals surface area contributed by atoms with Crippen molar-refractivity contribution < 1.29 is 0 Å². The zero-order valence-corrected chi connectivity index (χ0v) is 8.39. The van der Waals surface area contributed by atoms with Crippen molar-refractivity contribution in [2.45, 2.75) is 18.8 Å². The summed E-state index contributed by atoms with van der Waals surface area (Å²) in [6.07, 6.45) is 2.53. The van der Waals surface area contributed by atoms with Gasteiger partial charge in [0, 0.05) is 18.2 Å². The molecular weight excluding hydrogens is 218 g/mol. The molecule has 2 rings (SSSR count). The second-order valence-corrected chi connectivity index (χ2v) is 4.00. The minimum atomic E-state index is 0.623. The van der Waals surface area contributed by atoms with Crippen LogP contribution in [0.2, 0.25) is 0 Å². The Morgan fingerprint density at radius 3 is 3.08 bits per heavy atom. The number of nitrogens with one attached hydrogen (secondary N) is 2. The van der Waals surface area contributed by atoms with Gasteiger partial charge in [0.2, 0.25) is 0 Å². The Hall–Kier alpha value is -0.350. The van der Waals surface area contributed by atoms with E-state index in [0.717, 1.165) is 17.7 Å². The summed E-state index contributed by atoms with van der Waals surface area (Å²) in [5, 5.41) is 10.5. The molecule has 1 atom stereocenters. The molecule has 0 saturated carbocycles. The van der Waals surface area contributed by atoms with Gasteiger partial charge in [-0.25, -0.2) is 0 Å². The predicted molar refractivity (Wildman–Crippen MR) is 51.1 cm³/mol. The van der Waals surface area contributed by atoms with Crippen LogP contribution in [0, 0.1) is 0 Å². The Kier molecular flexibility index (Phi) is 2.46. The molecule has 12 heavy (non-hydrogen) atoms. The molecule has 1 unspecified atom stereocenters. The maximum Gasteiger partial charge on any atom is 0.128 e. The minimum absolute atomic E-state index is 0.623. The van der Waals surface area contributed by atoms with Gasteiger partial charge >= 0.3 is 0 Å². The number of H-pyrrole nitrogens is 1. The molecule has 4 heteroatoms. The van der Waals surface area contributed by atoms with Gasteiger partial charge in [-0.15, -0.1) is 0 Å². The lowest BCUT2D eigenvalue weighted by atomic mass is 9.97. The maximum atomic E-state index is 4.06. The van der Waals surface area contributed by atoms with Gasteiger partial charge in [0.25, 0.3) is 0 Å². The van der Waals surface area contributed by atoms with E-state index in [0.29, 0.717) is 5.92 Å². The number of hydrogen-bond acceptors (Lipinski definition) is 2. The minimum Gasteiger partial charge on any atom is -0.316 e. The highest BCUT2D eigenvalue weighted by molar-refractivity contribution is 9.10. The number of piperidine rings is 1. The van der Waals surface area contributed by atoms with Gasteiger partial charge in [0.05, 0.1) is 0 Å². The topological polar surface area (TPSA) is 40.7 Å². The van der Waals surface area contributed by atoms with Crippen LogP contribution >= 0.6 is 15.9 Å². The van der Waals surface area contributed by atoms with Crippen LogP contribution in [0.5, 0.6) is 0 Å². The van der Waals surface area contributed by atoms with Gasteiger partial charge in [0.1, 0.15) is 4.60 Å². The Balaban J connectivity index is 2.08. The normalized spacial score (nSPS) is 24.2. The molecule has 2 heterocycles. The molecule has 0 aliphatic carbocycles. The summed E-state index contributed by atoms with van der Waals surface area (Å²) in [6, 6.07) is 2.07. The van der Waals surface area contributed by atoms with Crippen LogP contribution < -0.4 is 5.32 Å². The first-order chi connectivity index (χ1) is 5.86. The van der Waals surface area contributed by atoms with Crippen molar-refractivity contribution in [3.05, 3.63) is 16.4 Å². The van der Waals surface area contributed by atoms with Gasteiger partial charge < -0.3 is 5.32 Å². The monoisotopic (exact) mass is 229 g/mol. The van der Waals surface area contributed by atoms with E-state index in [1.165, 1.54) is 18.5 Å². The summed E-state index contributed by atoms with van der Waals surface area (Å²) in [7, 11) is 0. The van der Waals surface area contributed by atoms with Crippen LogP contribution in [0.3, 0.4) is 0 Å². The van der Waals surface area contributed by atoms with E-state index in [1.807, 2.05) is 0 Å². The highest BCUT2D eigenvalue weighted by Crippen LogP contribution is 2.22. The number of aromatic nitrogens is 2. The molecule has 0 radical (unpaired) electrons. The lowest BCUT2D eigenvalue weighted by Gasteiger charge is -2.20. The largest absolute Gasteiger partial charge is 0.316 e. The van der Waals surface area contributed by atoms with E-state index in [-0.39, 0.29) is 0 Å². The third-order valence-corrected chi connectivity index (χ3v) is 2.71. The molecular formula is C8H12BrN3. The summed E-state index contributed by atoms with van der Waals surface area (Å²) >= 11 is 3.34. The summed E-state index contributed by atoms with van der Waals surface area (Å²) in [5.74, 6) is 0.623. The zero-order chi connectivity index (χ0) is 8.39. The fourth-order valence-corrected chi connectivity index (χ4v) is 1.97. The van der Waals surface area contributed by atoms with Crippen LogP contribution in [0.4, 0.5) is 0 Å². The van der Waals surface area contributed by atoms with E-state index < -0.39 is 0 Å². The lowest BCUT2D eigenvalue weighted by molar-refractivity contribution is 0.454. The Morgan fingerprint density at radius 2 is 2.50 bits per heavy atom. The van der Waals surface area contributed by atoms with Crippen LogP contribution in [-0.4, -0.2) is 23.3 Å². The molecule has 2 N–H and O–H groups in total. The molecule has 3 nitrogen and oxygen atoms in total. The van der Waals surface area contributed by atoms with Gasteiger partial charge in [-0.2, -0.15) is 5.10 Å². The maximum absolute atomic E-state index is 4.06. The number of aromatic amines is 1. The molecule has 0 amide bonds. The van der Waals surface area contributed by atoms with Crippen molar-refractivity contribution in [1.29, 1.82) is 0 Å². The fraction of sp³-hybridized carbons (Fsp3) is 0.625. The first-order valence-corrected chi connectivity index (χ1v) is 5.07. The highest BCUT2D eigenvalue weighted by atomic mass is 79.9. The number of hydrogen-bond donors (Lipinski definition) is 2. The number of halogens is 1. The van der Waals surface area contributed by atoms with Crippen LogP contribution in [0.1, 0.15) is 24.5 Å². The van der Waals surface area contributed by atoms with Crippen LogP contribution in [0.25, 0.3) is 0 Å². The Morgan fingerprint density at radius 1 is 1.58 bits per heavy atom. The van der Waals surface area contributed by atoms with E-state index >= 15 is 0 Å². The summed E-state index contributed by atoms with van der Waals surface area (Å²) in [4.78, 5) is 0. The summed E-state index contributed by atoms with van der Waals surface area (Å²) < 4.78 is 0.906. The van der Waals surface area contributed by atoms with Crippen molar-refractivity contribution >= 4 is 15.9 Å². The SMILES string of the molecule is Brc1cc(C2CCCNC2)[nH]n1. The molecule has 1 aromatic rings. The predicted octanol–water partition coefficient (Wildman–Crippen LogP) is 1.64. The first-order valence-electron chi connectivity index (χ1n) is 4.28. The van der Waals surface area contributed by atoms with Gasteiger partial charge in [0.15, 0.2) is 0 Å². The average Bonchev–Trinajstić information content (AvgIpc) is 2.54. The smallest absolute Gasteiger partial charge is 0.128 e. The molecule has 1 aliphatic heterocycles. The van der Waals surface area contributed by atoms with Crippen LogP contribution in [-0.2, 0) is 0 Å².